The highest BCUT2D eigenvalue weighted by molar-refractivity contribution is 5.47. The number of hydrogen-bond donors (Lipinski definition) is 1. The Labute approximate surface area is 72.3 Å². The van der Waals surface area contributed by atoms with Crippen molar-refractivity contribution in [3.05, 3.63) is 29.7 Å². The van der Waals surface area contributed by atoms with E-state index in [1.807, 2.05) is 12.1 Å². The van der Waals surface area contributed by atoms with Crippen molar-refractivity contribution in [2.24, 2.45) is 5.92 Å². The summed E-state index contributed by atoms with van der Waals surface area (Å²) in [6.07, 6.45) is 3.82. The highest BCUT2D eigenvalue weighted by Gasteiger charge is 2.17. The molecule has 0 bridgehead atoms. The molecule has 0 unspecified atom stereocenters. The molecule has 1 N–H and O–H groups in total. The highest BCUT2D eigenvalue weighted by Crippen LogP contribution is 2.18. The molecule has 64 valence electrons. The lowest BCUT2D eigenvalue weighted by atomic mass is 9.94. The average Bonchev–Trinajstić information content (AvgIpc) is 2.34. The van der Waals surface area contributed by atoms with Gasteiger partial charge in [0.05, 0.1) is 6.26 Å². The van der Waals surface area contributed by atoms with Crippen LogP contribution in [0.3, 0.4) is 0 Å². The number of rotatable bonds is 2. The first kappa shape index (κ1) is 7.62. The summed E-state index contributed by atoms with van der Waals surface area (Å²) >= 11 is 0. The van der Waals surface area contributed by atoms with E-state index in [1.165, 1.54) is 5.57 Å². The Bertz CT molecular complexity index is 270. The van der Waals surface area contributed by atoms with E-state index >= 15 is 0 Å². The molecular formula is C10H13NO. The Kier molecular flexibility index (Phi) is 2.00. The first-order chi connectivity index (χ1) is 5.86. The third-order valence-corrected chi connectivity index (χ3v) is 2.34. The van der Waals surface area contributed by atoms with Gasteiger partial charge in [-0.2, -0.15) is 0 Å². The molecule has 0 spiro atoms. The van der Waals surface area contributed by atoms with E-state index in [4.69, 9.17) is 4.42 Å². The average molecular weight is 163 g/mol. The third kappa shape index (κ3) is 1.43. The summed E-state index contributed by atoms with van der Waals surface area (Å²) < 4.78 is 5.23. The molecule has 1 fully saturated rings. The Morgan fingerprint density at radius 1 is 1.67 bits per heavy atom. The largest absolute Gasteiger partial charge is 0.465 e. The normalized spacial score (nSPS) is 19.2. The fourth-order valence-electron chi connectivity index (χ4n) is 1.33. The van der Waals surface area contributed by atoms with Crippen molar-refractivity contribution in [3.63, 3.8) is 0 Å². The molecule has 0 aromatic carbocycles. The van der Waals surface area contributed by atoms with Crippen LogP contribution in [-0.2, 0) is 0 Å². The van der Waals surface area contributed by atoms with E-state index in [0.717, 1.165) is 24.8 Å². The summed E-state index contributed by atoms with van der Waals surface area (Å²) in [5.74, 6) is 1.68. The van der Waals surface area contributed by atoms with Gasteiger partial charge in [-0.1, -0.05) is 5.57 Å². The van der Waals surface area contributed by atoms with Gasteiger partial charge in [0.25, 0.3) is 0 Å². The van der Waals surface area contributed by atoms with Crippen LogP contribution in [0.15, 0.2) is 28.4 Å². The summed E-state index contributed by atoms with van der Waals surface area (Å²) in [5, 5.41) is 3.25. The van der Waals surface area contributed by atoms with Crippen LogP contribution in [0.2, 0.25) is 0 Å². The SMILES string of the molecule is C/C(=C/c1ccco1)C1CNC1. The zero-order chi connectivity index (χ0) is 8.39. The molecular weight excluding hydrogens is 150 g/mol. The predicted molar refractivity (Wildman–Crippen MR) is 48.7 cm³/mol. The molecule has 0 atom stereocenters. The standard InChI is InChI=1S/C10H13NO/c1-8(9-6-11-7-9)5-10-3-2-4-12-10/h2-5,9,11H,6-7H2,1H3/b8-5-. The first-order valence-corrected chi connectivity index (χ1v) is 4.28. The van der Waals surface area contributed by atoms with Crippen molar-refractivity contribution in [3.8, 4) is 0 Å². The molecule has 2 heterocycles. The molecule has 12 heavy (non-hydrogen) atoms. The van der Waals surface area contributed by atoms with Crippen molar-refractivity contribution >= 4 is 6.08 Å². The van der Waals surface area contributed by atoms with E-state index in [-0.39, 0.29) is 0 Å². The summed E-state index contributed by atoms with van der Waals surface area (Å²) in [4.78, 5) is 0. The molecule has 0 aliphatic carbocycles. The number of furan rings is 1. The second-order valence-corrected chi connectivity index (χ2v) is 3.26. The molecule has 2 nitrogen and oxygen atoms in total. The van der Waals surface area contributed by atoms with Gasteiger partial charge in [0.1, 0.15) is 5.76 Å². The Balaban J connectivity index is 2.07. The molecule has 1 aromatic heterocycles. The highest BCUT2D eigenvalue weighted by atomic mass is 16.3. The van der Waals surface area contributed by atoms with Gasteiger partial charge in [0.2, 0.25) is 0 Å². The number of nitrogens with one attached hydrogen (secondary N) is 1. The minimum Gasteiger partial charge on any atom is -0.465 e. The maximum Gasteiger partial charge on any atom is 0.126 e. The Hall–Kier alpha value is -1.02. The lowest BCUT2D eigenvalue weighted by Gasteiger charge is -2.27. The second-order valence-electron chi connectivity index (χ2n) is 3.26. The molecule has 2 heteroatoms. The number of hydrogen-bond acceptors (Lipinski definition) is 2. The van der Waals surface area contributed by atoms with Crippen LogP contribution in [0.1, 0.15) is 12.7 Å². The molecule has 1 aromatic rings. The molecule has 1 aliphatic rings. The van der Waals surface area contributed by atoms with Crippen LogP contribution in [0.5, 0.6) is 0 Å². The van der Waals surface area contributed by atoms with E-state index in [1.54, 1.807) is 6.26 Å². The predicted octanol–water partition coefficient (Wildman–Crippen LogP) is 1.90. The van der Waals surface area contributed by atoms with Gasteiger partial charge in [-0.25, -0.2) is 0 Å². The Morgan fingerprint density at radius 2 is 2.50 bits per heavy atom. The van der Waals surface area contributed by atoms with Gasteiger partial charge < -0.3 is 9.73 Å². The monoisotopic (exact) mass is 163 g/mol. The van der Waals surface area contributed by atoms with Gasteiger partial charge in [0.15, 0.2) is 0 Å². The van der Waals surface area contributed by atoms with Crippen LogP contribution in [0, 0.1) is 5.92 Å². The van der Waals surface area contributed by atoms with Crippen LogP contribution in [0.4, 0.5) is 0 Å². The summed E-state index contributed by atoms with van der Waals surface area (Å²) in [6.45, 7) is 4.39. The molecule has 0 amide bonds. The molecule has 2 rings (SSSR count). The van der Waals surface area contributed by atoms with Crippen LogP contribution in [-0.4, -0.2) is 13.1 Å². The van der Waals surface area contributed by atoms with Crippen molar-refractivity contribution in [2.45, 2.75) is 6.92 Å². The minimum atomic E-state index is 0.718. The lowest BCUT2D eigenvalue weighted by Crippen LogP contribution is -2.42. The van der Waals surface area contributed by atoms with Gasteiger partial charge in [-0.3, -0.25) is 0 Å². The van der Waals surface area contributed by atoms with Gasteiger partial charge >= 0.3 is 0 Å². The van der Waals surface area contributed by atoms with Gasteiger partial charge in [0, 0.05) is 19.0 Å². The zero-order valence-electron chi connectivity index (χ0n) is 7.21. The van der Waals surface area contributed by atoms with Crippen LogP contribution in [0.25, 0.3) is 6.08 Å². The van der Waals surface area contributed by atoms with Crippen LogP contribution < -0.4 is 5.32 Å². The maximum absolute atomic E-state index is 5.23. The van der Waals surface area contributed by atoms with Gasteiger partial charge in [-0.05, 0) is 25.1 Å². The van der Waals surface area contributed by atoms with Crippen molar-refractivity contribution in [2.75, 3.05) is 13.1 Å². The molecule has 0 radical (unpaired) electrons. The fourth-order valence-corrected chi connectivity index (χ4v) is 1.33. The summed E-state index contributed by atoms with van der Waals surface area (Å²) in [7, 11) is 0. The fraction of sp³-hybridized carbons (Fsp3) is 0.400. The van der Waals surface area contributed by atoms with Crippen molar-refractivity contribution in [1.82, 2.24) is 5.32 Å². The van der Waals surface area contributed by atoms with E-state index < -0.39 is 0 Å². The summed E-state index contributed by atoms with van der Waals surface area (Å²) in [5.41, 5.74) is 1.41. The lowest BCUT2D eigenvalue weighted by molar-refractivity contribution is 0.400. The third-order valence-electron chi connectivity index (χ3n) is 2.34. The molecule has 1 saturated heterocycles. The molecule has 1 aliphatic heterocycles. The van der Waals surface area contributed by atoms with Crippen LogP contribution >= 0.6 is 0 Å². The topological polar surface area (TPSA) is 25.2 Å². The van der Waals surface area contributed by atoms with Crippen molar-refractivity contribution < 1.29 is 4.42 Å². The Morgan fingerprint density at radius 3 is 3.00 bits per heavy atom. The molecule has 0 saturated carbocycles. The smallest absolute Gasteiger partial charge is 0.126 e. The summed E-state index contributed by atoms with van der Waals surface area (Å²) in [6, 6.07) is 3.90. The van der Waals surface area contributed by atoms with Gasteiger partial charge in [-0.15, -0.1) is 0 Å². The second kappa shape index (κ2) is 3.15. The zero-order valence-corrected chi connectivity index (χ0v) is 7.21. The van der Waals surface area contributed by atoms with Crippen molar-refractivity contribution in [1.29, 1.82) is 0 Å². The maximum atomic E-state index is 5.23. The van der Waals surface area contributed by atoms with E-state index in [0.29, 0.717) is 0 Å². The quantitative estimate of drug-likeness (QED) is 0.720. The van der Waals surface area contributed by atoms with E-state index in [2.05, 4.69) is 18.3 Å². The first-order valence-electron chi connectivity index (χ1n) is 4.28. The minimum absolute atomic E-state index is 0.718. The van der Waals surface area contributed by atoms with E-state index in [9.17, 15) is 0 Å².